The number of rotatable bonds is 6. The lowest BCUT2D eigenvalue weighted by Crippen LogP contribution is -2.56. The summed E-state index contributed by atoms with van der Waals surface area (Å²) in [5, 5.41) is 14.2. The second-order valence-electron chi connectivity index (χ2n) is 5.03. The summed E-state index contributed by atoms with van der Waals surface area (Å²) in [6, 6.07) is 0. The molecule has 0 radical (unpaired) electrons. The van der Waals surface area contributed by atoms with Crippen molar-refractivity contribution in [2.45, 2.75) is 31.3 Å². The van der Waals surface area contributed by atoms with Crippen LogP contribution >= 0.6 is 11.3 Å². The van der Waals surface area contributed by atoms with Gasteiger partial charge in [0, 0.05) is 24.0 Å². The zero-order valence-corrected chi connectivity index (χ0v) is 11.6. The van der Waals surface area contributed by atoms with Gasteiger partial charge in [-0.2, -0.15) is 0 Å². The van der Waals surface area contributed by atoms with E-state index in [1.54, 1.807) is 5.38 Å². The van der Waals surface area contributed by atoms with E-state index in [2.05, 4.69) is 29.3 Å². The minimum atomic E-state index is -0.949. The summed E-state index contributed by atoms with van der Waals surface area (Å²) < 4.78 is 0. The van der Waals surface area contributed by atoms with Crippen LogP contribution in [0.5, 0.6) is 0 Å². The average Bonchev–Trinajstić information content (AvgIpc) is 2.70. The van der Waals surface area contributed by atoms with Crippen molar-refractivity contribution >= 4 is 17.3 Å². The predicted molar refractivity (Wildman–Crippen MR) is 71.0 cm³/mol. The molecule has 0 aromatic carbocycles. The first kappa shape index (κ1) is 13.5. The molecule has 100 valence electrons. The fourth-order valence-electron chi connectivity index (χ4n) is 2.28. The fraction of sp³-hybridized carbons (Fsp3) is 0.667. The summed E-state index contributed by atoms with van der Waals surface area (Å²) in [6.45, 7) is 1.57. The Labute approximate surface area is 111 Å². The fourth-order valence-corrected chi connectivity index (χ4v) is 2.93. The SMILES string of the molecule is CN(C)C1(CNCc2csc(C(=O)O)n2)CCC1. The Balaban J connectivity index is 1.82. The van der Waals surface area contributed by atoms with Gasteiger partial charge in [0.15, 0.2) is 0 Å². The summed E-state index contributed by atoms with van der Waals surface area (Å²) in [5.74, 6) is -0.949. The first-order valence-electron chi connectivity index (χ1n) is 6.09. The van der Waals surface area contributed by atoms with Crippen molar-refractivity contribution in [2.24, 2.45) is 0 Å². The standard InChI is InChI=1S/C12H19N3O2S/c1-15(2)12(4-3-5-12)8-13-6-9-7-18-10(14-9)11(16)17/h7,13H,3-6,8H2,1-2H3,(H,16,17). The summed E-state index contributed by atoms with van der Waals surface area (Å²) in [4.78, 5) is 17.1. The first-order valence-corrected chi connectivity index (χ1v) is 6.97. The topological polar surface area (TPSA) is 65.5 Å². The Morgan fingerprint density at radius 3 is 2.78 bits per heavy atom. The third-order valence-electron chi connectivity index (χ3n) is 3.73. The van der Waals surface area contributed by atoms with Gasteiger partial charge in [0.25, 0.3) is 0 Å². The predicted octanol–water partition coefficient (Wildman–Crippen LogP) is 1.42. The van der Waals surface area contributed by atoms with Gasteiger partial charge >= 0.3 is 5.97 Å². The van der Waals surface area contributed by atoms with Crippen LogP contribution in [0.1, 0.15) is 34.8 Å². The number of thiazole rings is 1. The number of carboxylic acids is 1. The number of nitrogens with zero attached hydrogens (tertiary/aromatic N) is 2. The Morgan fingerprint density at radius 1 is 1.61 bits per heavy atom. The Kier molecular flexibility index (Phi) is 3.99. The molecule has 0 unspecified atom stereocenters. The molecule has 0 bridgehead atoms. The lowest BCUT2D eigenvalue weighted by atomic mass is 9.75. The number of nitrogens with one attached hydrogen (secondary N) is 1. The minimum absolute atomic E-state index is 0.165. The first-order chi connectivity index (χ1) is 8.53. The van der Waals surface area contributed by atoms with E-state index in [0.29, 0.717) is 6.54 Å². The van der Waals surface area contributed by atoms with Gasteiger partial charge in [-0.25, -0.2) is 9.78 Å². The van der Waals surface area contributed by atoms with Crippen molar-refractivity contribution in [3.05, 3.63) is 16.1 Å². The second-order valence-corrected chi connectivity index (χ2v) is 5.88. The highest BCUT2D eigenvalue weighted by Crippen LogP contribution is 2.35. The highest BCUT2D eigenvalue weighted by atomic mass is 32.1. The zero-order chi connectivity index (χ0) is 13.2. The molecule has 0 atom stereocenters. The van der Waals surface area contributed by atoms with Crippen LogP contribution in [0.2, 0.25) is 0 Å². The molecule has 1 aromatic heterocycles. The van der Waals surface area contributed by atoms with Crippen LogP contribution in [0.3, 0.4) is 0 Å². The van der Waals surface area contributed by atoms with E-state index in [0.717, 1.165) is 12.2 Å². The summed E-state index contributed by atoms with van der Waals surface area (Å²) in [6.07, 6.45) is 3.74. The molecule has 1 aliphatic rings. The monoisotopic (exact) mass is 269 g/mol. The van der Waals surface area contributed by atoms with Gasteiger partial charge in [-0.15, -0.1) is 11.3 Å². The van der Waals surface area contributed by atoms with E-state index in [1.807, 2.05) is 0 Å². The smallest absolute Gasteiger partial charge is 0.365 e. The number of likely N-dealkylation sites (N-methyl/N-ethyl adjacent to an activating group) is 1. The van der Waals surface area contributed by atoms with Gasteiger partial charge in [-0.3, -0.25) is 0 Å². The van der Waals surface area contributed by atoms with Crippen molar-refractivity contribution in [1.82, 2.24) is 15.2 Å². The minimum Gasteiger partial charge on any atom is -0.476 e. The van der Waals surface area contributed by atoms with E-state index in [4.69, 9.17) is 5.11 Å². The molecule has 18 heavy (non-hydrogen) atoms. The van der Waals surface area contributed by atoms with Crippen LogP contribution in [-0.4, -0.2) is 47.1 Å². The van der Waals surface area contributed by atoms with Crippen LogP contribution in [-0.2, 0) is 6.54 Å². The van der Waals surface area contributed by atoms with Gasteiger partial charge < -0.3 is 15.3 Å². The van der Waals surface area contributed by atoms with Gasteiger partial charge in [0.1, 0.15) is 0 Å². The van der Waals surface area contributed by atoms with Crippen molar-refractivity contribution < 1.29 is 9.90 Å². The lowest BCUT2D eigenvalue weighted by molar-refractivity contribution is 0.0597. The molecule has 0 saturated heterocycles. The Bertz CT molecular complexity index is 427. The normalized spacial score (nSPS) is 17.7. The molecule has 1 aromatic rings. The molecule has 0 aliphatic heterocycles. The van der Waals surface area contributed by atoms with Gasteiger partial charge in [-0.1, -0.05) is 0 Å². The summed E-state index contributed by atoms with van der Waals surface area (Å²) >= 11 is 1.18. The number of hydrogen-bond acceptors (Lipinski definition) is 5. The number of aromatic carboxylic acids is 1. The van der Waals surface area contributed by atoms with Crippen molar-refractivity contribution in [3.8, 4) is 0 Å². The van der Waals surface area contributed by atoms with Crippen LogP contribution < -0.4 is 5.32 Å². The Morgan fingerprint density at radius 2 is 2.33 bits per heavy atom. The maximum Gasteiger partial charge on any atom is 0.365 e. The van der Waals surface area contributed by atoms with Crippen molar-refractivity contribution in [2.75, 3.05) is 20.6 Å². The van der Waals surface area contributed by atoms with Crippen LogP contribution in [0.25, 0.3) is 0 Å². The molecule has 1 saturated carbocycles. The third-order valence-corrected chi connectivity index (χ3v) is 4.61. The quantitative estimate of drug-likeness (QED) is 0.817. The van der Waals surface area contributed by atoms with Gasteiger partial charge in [0.2, 0.25) is 5.01 Å². The second kappa shape index (κ2) is 5.34. The molecule has 0 amide bonds. The van der Waals surface area contributed by atoms with Gasteiger partial charge in [0.05, 0.1) is 5.69 Å². The van der Waals surface area contributed by atoms with E-state index in [9.17, 15) is 4.79 Å². The van der Waals surface area contributed by atoms with Crippen LogP contribution in [0.15, 0.2) is 5.38 Å². The third kappa shape index (κ3) is 2.71. The molecule has 1 fully saturated rings. The Hall–Kier alpha value is -0.980. The summed E-state index contributed by atoms with van der Waals surface area (Å²) in [5.41, 5.74) is 1.09. The van der Waals surface area contributed by atoms with E-state index in [-0.39, 0.29) is 10.5 Å². The number of hydrogen-bond donors (Lipinski definition) is 2. The number of carboxylic acid groups (broad SMARTS) is 1. The number of aromatic nitrogens is 1. The molecule has 6 heteroatoms. The van der Waals surface area contributed by atoms with E-state index in [1.165, 1.54) is 30.6 Å². The molecule has 5 nitrogen and oxygen atoms in total. The van der Waals surface area contributed by atoms with E-state index < -0.39 is 5.97 Å². The van der Waals surface area contributed by atoms with E-state index >= 15 is 0 Å². The molecule has 1 aliphatic carbocycles. The van der Waals surface area contributed by atoms with Gasteiger partial charge in [-0.05, 0) is 33.4 Å². The lowest BCUT2D eigenvalue weighted by Gasteiger charge is -2.47. The van der Waals surface area contributed by atoms with Crippen LogP contribution in [0.4, 0.5) is 0 Å². The molecule has 2 rings (SSSR count). The molecule has 2 N–H and O–H groups in total. The average molecular weight is 269 g/mol. The highest BCUT2D eigenvalue weighted by molar-refractivity contribution is 7.11. The van der Waals surface area contributed by atoms with Crippen molar-refractivity contribution in [1.29, 1.82) is 0 Å². The molecule has 1 heterocycles. The maximum absolute atomic E-state index is 10.7. The molecular formula is C12H19N3O2S. The molecule has 0 spiro atoms. The largest absolute Gasteiger partial charge is 0.476 e. The van der Waals surface area contributed by atoms with Crippen LogP contribution in [0, 0.1) is 0 Å². The molecular weight excluding hydrogens is 250 g/mol. The van der Waals surface area contributed by atoms with Crippen molar-refractivity contribution in [3.63, 3.8) is 0 Å². The maximum atomic E-state index is 10.7. The highest BCUT2D eigenvalue weighted by Gasteiger charge is 2.38. The number of carbonyl (C=O) groups is 1. The zero-order valence-electron chi connectivity index (χ0n) is 10.8. The summed E-state index contributed by atoms with van der Waals surface area (Å²) in [7, 11) is 4.23.